The molecule has 3 aromatic rings. The van der Waals surface area contributed by atoms with Crippen LogP contribution in [0.5, 0.6) is 0 Å². The Kier molecular flexibility index (Phi) is 5.30. The van der Waals surface area contributed by atoms with Gasteiger partial charge in [0.25, 0.3) is 5.91 Å². The fraction of sp³-hybridized carbons (Fsp3) is 0.250. The molecule has 4 rings (SSSR count). The molecule has 0 bridgehead atoms. The molecule has 1 aliphatic rings. The first-order chi connectivity index (χ1) is 14.1. The third-order valence-corrected chi connectivity index (χ3v) is 4.75. The Morgan fingerprint density at radius 2 is 1.90 bits per heavy atom. The molecule has 0 unspecified atom stereocenters. The molecule has 0 aliphatic carbocycles. The summed E-state index contributed by atoms with van der Waals surface area (Å²) < 4.78 is 0. The molecule has 1 fully saturated rings. The van der Waals surface area contributed by atoms with Crippen LogP contribution in [0.2, 0.25) is 0 Å². The molecule has 0 radical (unpaired) electrons. The van der Waals surface area contributed by atoms with E-state index in [4.69, 9.17) is 11.5 Å². The zero-order valence-corrected chi connectivity index (χ0v) is 15.8. The predicted octanol–water partition coefficient (Wildman–Crippen LogP) is 1.70. The van der Waals surface area contributed by atoms with Crippen LogP contribution in [0.1, 0.15) is 23.3 Å². The van der Waals surface area contributed by atoms with Crippen molar-refractivity contribution in [2.75, 3.05) is 23.3 Å². The zero-order chi connectivity index (χ0) is 20.2. The van der Waals surface area contributed by atoms with Crippen LogP contribution in [-0.2, 0) is 0 Å². The van der Waals surface area contributed by atoms with Crippen molar-refractivity contribution in [1.82, 2.24) is 19.9 Å². The number of amides is 1. The van der Waals surface area contributed by atoms with Crippen molar-refractivity contribution in [2.45, 2.75) is 18.9 Å². The number of anilines is 3. The molecule has 2 aromatic heterocycles. The third-order valence-electron chi connectivity index (χ3n) is 4.75. The quantitative estimate of drug-likeness (QED) is 0.599. The van der Waals surface area contributed by atoms with Crippen LogP contribution in [0.25, 0.3) is 11.4 Å². The summed E-state index contributed by atoms with van der Waals surface area (Å²) in [5.41, 5.74) is 13.3. The van der Waals surface area contributed by atoms with Gasteiger partial charge in [-0.15, -0.1) is 0 Å². The Hall–Kier alpha value is -3.59. The Balaban J connectivity index is 1.59. The summed E-state index contributed by atoms with van der Waals surface area (Å²) in [6.45, 7) is 1.55. The number of hydrogen-bond donors (Lipinski definition) is 3. The van der Waals surface area contributed by atoms with Gasteiger partial charge >= 0.3 is 0 Å². The number of carbonyl (C=O) groups excluding carboxylic acids is 1. The number of nitrogens with two attached hydrogens (primary N) is 2. The predicted molar refractivity (Wildman–Crippen MR) is 111 cm³/mol. The van der Waals surface area contributed by atoms with E-state index < -0.39 is 5.91 Å². The van der Waals surface area contributed by atoms with Crippen molar-refractivity contribution in [3.05, 3.63) is 54.6 Å². The fourth-order valence-corrected chi connectivity index (χ4v) is 3.31. The van der Waals surface area contributed by atoms with Gasteiger partial charge in [-0.25, -0.2) is 19.9 Å². The van der Waals surface area contributed by atoms with Crippen LogP contribution in [0, 0.1) is 0 Å². The van der Waals surface area contributed by atoms with Crippen molar-refractivity contribution >= 4 is 23.2 Å². The Labute approximate surface area is 168 Å². The molecule has 29 heavy (non-hydrogen) atoms. The lowest BCUT2D eigenvalue weighted by Crippen LogP contribution is -2.43. The molecule has 9 heteroatoms. The van der Waals surface area contributed by atoms with E-state index >= 15 is 0 Å². The highest BCUT2D eigenvalue weighted by atomic mass is 16.1. The largest absolute Gasteiger partial charge is 0.364 e. The van der Waals surface area contributed by atoms with Crippen molar-refractivity contribution in [3.8, 4) is 11.4 Å². The average molecular weight is 390 g/mol. The highest BCUT2D eigenvalue weighted by Gasteiger charge is 2.21. The second kappa shape index (κ2) is 8.19. The Morgan fingerprint density at radius 1 is 1.14 bits per heavy atom. The number of primary amides is 1. The maximum absolute atomic E-state index is 11.8. The number of aromatic nitrogens is 4. The van der Waals surface area contributed by atoms with Gasteiger partial charge in [-0.2, -0.15) is 0 Å². The number of carbonyl (C=O) groups is 1. The number of benzene rings is 1. The van der Waals surface area contributed by atoms with Crippen molar-refractivity contribution in [3.63, 3.8) is 0 Å². The second-order valence-electron chi connectivity index (χ2n) is 6.91. The third kappa shape index (κ3) is 4.30. The molecular weight excluding hydrogens is 368 g/mol. The first-order valence-corrected chi connectivity index (χ1v) is 9.42. The molecule has 1 saturated heterocycles. The van der Waals surface area contributed by atoms with E-state index in [-0.39, 0.29) is 11.7 Å². The van der Waals surface area contributed by atoms with E-state index in [9.17, 15) is 4.79 Å². The minimum atomic E-state index is -0.642. The second-order valence-corrected chi connectivity index (χ2v) is 6.91. The monoisotopic (exact) mass is 390 g/mol. The molecule has 1 atom stereocenters. The van der Waals surface area contributed by atoms with Crippen LogP contribution in [0.15, 0.2) is 48.9 Å². The number of rotatable bonds is 5. The van der Waals surface area contributed by atoms with Crippen molar-refractivity contribution < 1.29 is 4.79 Å². The van der Waals surface area contributed by atoms with Crippen LogP contribution in [0.3, 0.4) is 0 Å². The highest BCUT2D eigenvalue weighted by Crippen LogP contribution is 2.24. The van der Waals surface area contributed by atoms with Crippen LogP contribution in [0.4, 0.5) is 17.3 Å². The summed E-state index contributed by atoms with van der Waals surface area (Å²) in [5, 5.41) is 3.15. The summed E-state index contributed by atoms with van der Waals surface area (Å²) in [7, 11) is 0. The molecule has 5 N–H and O–H groups in total. The summed E-state index contributed by atoms with van der Waals surface area (Å²) in [6, 6.07) is 9.38. The lowest BCUT2D eigenvalue weighted by molar-refractivity contribution is 0.0996. The maximum atomic E-state index is 11.8. The SMILES string of the molecule is NC(=O)c1ncc(N2CCC[C@H](N)C2)nc1Nc1ccc(-c2ncccn2)cc1. The van der Waals surface area contributed by atoms with Gasteiger partial charge in [-0.3, -0.25) is 4.79 Å². The molecular formula is C20H22N8O. The van der Waals surface area contributed by atoms with Gasteiger partial charge in [0, 0.05) is 42.8 Å². The molecule has 1 aliphatic heterocycles. The van der Waals surface area contributed by atoms with Gasteiger partial charge in [0.1, 0.15) is 5.82 Å². The molecule has 0 saturated carbocycles. The van der Waals surface area contributed by atoms with E-state index in [1.807, 2.05) is 24.3 Å². The maximum Gasteiger partial charge on any atom is 0.271 e. The van der Waals surface area contributed by atoms with E-state index in [0.717, 1.165) is 30.6 Å². The van der Waals surface area contributed by atoms with Gasteiger partial charge in [-0.1, -0.05) is 0 Å². The number of nitrogens with zero attached hydrogens (tertiary/aromatic N) is 5. The lowest BCUT2D eigenvalue weighted by atomic mass is 10.1. The molecule has 0 spiro atoms. The molecule has 3 heterocycles. The topological polar surface area (TPSA) is 136 Å². The number of piperidine rings is 1. The van der Waals surface area contributed by atoms with Gasteiger partial charge in [0.2, 0.25) is 0 Å². The van der Waals surface area contributed by atoms with Crippen LogP contribution in [-0.4, -0.2) is 45.0 Å². The summed E-state index contributed by atoms with van der Waals surface area (Å²) >= 11 is 0. The van der Waals surface area contributed by atoms with Crippen molar-refractivity contribution in [1.29, 1.82) is 0 Å². The number of hydrogen-bond acceptors (Lipinski definition) is 8. The van der Waals surface area contributed by atoms with Gasteiger partial charge in [-0.05, 0) is 43.2 Å². The molecule has 1 aromatic carbocycles. The van der Waals surface area contributed by atoms with E-state index in [1.54, 1.807) is 24.7 Å². The van der Waals surface area contributed by atoms with Gasteiger partial charge < -0.3 is 21.7 Å². The van der Waals surface area contributed by atoms with E-state index in [1.165, 1.54) is 0 Å². The van der Waals surface area contributed by atoms with E-state index in [2.05, 4.69) is 30.2 Å². The molecule has 1 amide bonds. The first kappa shape index (κ1) is 18.8. The van der Waals surface area contributed by atoms with Gasteiger partial charge in [0.05, 0.1) is 6.20 Å². The molecule has 9 nitrogen and oxygen atoms in total. The fourth-order valence-electron chi connectivity index (χ4n) is 3.31. The zero-order valence-electron chi connectivity index (χ0n) is 15.8. The Morgan fingerprint density at radius 3 is 2.59 bits per heavy atom. The Bertz CT molecular complexity index is 993. The standard InChI is InChI=1S/C20H22N8O/c21-14-3-1-10-28(12-14)16-11-25-17(18(22)29)20(27-16)26-15-6-4-13(5-7-15)19-23-8-2-9-24-19/h2,4-9,11,14H,1,3,10,12,21H2,(H2,22,29)(H,26,27)/t14-/m0/s1. The summed E-state index contributed by atoms with van der Waals surface area (Å²) in [4.78, 5) is 31.2. The smallest absolute Gasteiger partial charge is 0.271 e. The molecule has 148 valence electrons. The summed E-state index contributed by atoms with van der Waals surface area (Å²) in [6.07, 6.45) is 6.94. The lowest BCUT2D eigenvalue weighted by Gasteiger charge is -2.31. The minimum absolute atomic E-state index is 0.0885. The average Bonchev–Trinajstić information content (AvgIpc) is 2.75. The number of nitrogens with one attached hydrogen (secondary N) is 1. The highest BCUT2D eigenvalue weighted by molar-refractivity contribution is 5.96. The van der Waals surface area contributed by atoms with Crippen LogP contribution < -0.4 is 21.7 Å². The van der Waals surface area contributed by atoms with Crippen molar-refractivity contribution in [2.24, 2.45) is 11.5 Å². The first-order valence-electron chi connectivity index (χ1n) is 9.42. The summed E-state index contributed by atoms with van der Waals surface area (Å²) in [5.74, 6) is 0.983. The van der Waals surface area contributed by atoms with Gasteiger partial charge in [0.15, 0.2) is 17.3 Å². The van der Waals surface area contributed by atoms with Crippen LogP contribution >= 0.6 is 0 Å². The normalized spacial score (nSPS) is 16.4. The van der Waals surface area contributed by atoms with E-state index in [0.29, 0.717) is 24.0 Å². The minimum Gasteiger partial charge on any atom is -0.364 e.